The number of hydrogen-bond acceptors (Lipinski definition) is 1. The molecule has 3 heteroatoms. The molecule has 1 aliphatic carbocycles. The van der Waals surface area contributed by atoms with Gasteiger partial charge >= 0.3 is 0 Å². The van der Waals surface area contributed by atoms with Gasteiger partial charge in [-0.15, -0.1) is 0 Å². The molecule has 76 valence electrons. The normalized spacial score (nSPS) is 19.1. The summed E-state index contributed by atoms with van der Waals surface area (Å²) in [6.07, 6.45) is 2.26. The van der Waals surface area contributed by atoms with E-state index in [1.165, 1.54) is 18.2 Å². The Bertz CT molecular complexity index is 319. The molecular weight excluding hydrogens is 186 g/mol. The molecule has 0 spiro atoms. The molecule has 1 saturated carbocycles. The fourth-order valence-electron chi connectivity index (χ4n) is 2.10. The Kier molecular flexibility index (Phi) is 2.27. The molecule has 0 saturated heterocycles. The maximum Gasteiger partial charge on any atom is 0.129 e. The standard InChI is InChI=1S/C11H12F2O/c12-8-3-1-4-9(13)10(8)11(7-14)5-2-6-11/h1,3-4,14H,2,5-7H2. The quantitative estimate of drug-likeness (QED) is 0.773. The summed E-state index contributed by atoms with van der Waals surface area (Å²) in [4.78, 5) is 0. The second kappa shape index (κ2) is 3.31. The lowest BCUT2D eigenvalue weighted by Gasteiger charge is -2.41. The zero-order valence-electron chi connectivity index (χ0n) is 7.76. The van der Waals surface area contributed by atoms with Gasteiger partial charge in [0, 0.05) is 11.0 Å². The fraction of sp³-hybridized carbons (Fsp3) is 0.455. The third-order valence-electron chi connectivity index (χ3n) is 3.11. The Hall–Kier alpha value is -0.960. The third kappa shape index (κ3) is 1.23. The first-order valence-electron chi connectivity index (χ1n) is 4.75. The number of hydrogen-bond donors (Lipinski definition) is 1. The molecule has 1 aromatic rings. The molecule has 1 aromatic carbocycles. The molecule has 0 aliphatic heterocycles. The van der Waals surface area contributed by atoms with Crippen molar-refractivity contribution in [3.63, 3.8) is 0 Å². The SMILES string of the molecule is OCC1(c2c(F)cccc2F)CCC1. The molecule has 0 amide bonds. The molecule has 0 bridgehead atoms. The highest BCUT2D eigenvalue weighted by Crippen LogP contribution is 2.45. The highest BCUT2D eigenvalue weighted by molar-refractivity contribution is 5.31. The maximum atomic E-state index is 13.4. The van der Waals surface area contributed by atoms with Crippen molar-refractivity contribution in [2.45, 2.75) is 24.7 Å². The van der Waals surface area contributed by atoms with Crippen LogP contribution in [0.15, 0.2) is 18.2 Å². The van der Waals surface area contributed by atoms with Gasteiger partial charge in [0.25, 0.3) is 0 Å². The van der Waals surface area contributed by atoms with Gasteiger partial charge in [0.05, 0.1) is 6.61 Å². The van der Waals surface area contributed by atoms with Crippen molar-refractivity contribution < 1.29 is 13.9 Å². The molecule has 1 fully saturated rings. The fourth-order valence-corrected chi connectivity index (χ4v) is 2.10. The van der Waals surface area contributed by atoms with Crippen molar-refractivity contribution in [3.05, 3.63) is 35.4 Å². The number of aliphatic hydroxyl groups is 1. The van der Waals surface area contributed by atoms with E-state index in [0.29, 0.717) is 12.8 Å². The van der Waals surface area contributed by atoms with Crippen LogP contribution in [0.3, 0.4) is 0 Å². The van der Waals surface area contributed by atoms with Gasteiger partial charge in [-0.05, 0) is 25.0 Å². The lowest BCUT2D eigenvalue weighted by atomic mass is 9.65. The van der Waals surface area contributed by atoms with Gasteiger partial charge in [0.1, 0.15) is 11.6 Å². The van der Waals surface area contributed by atoms with Gasteiger partial charge in [-0.25, -0.2) is 8.78 Å². The molecule has 0 heterocycles. The van der Waals surface area contributed by atoms with E-state index >= 15 is 0 Å². The molecule has 14 heavy (non-hydrogen) atoms. The van der Waals surface area contributed by atoms with Crippen LogP contribution in [0.1, 0.15) is 24.8 Å². The Morgan fingerprint density at radius 1 is 1.21 bits per heavy atom. The Labute approximate surface area is 81.4 Å². The summed E-state index contributed by atoms with van der Waals surface area (Å²) in [6, 6.07) is 3.83. The van der Waals surface area contributed by atoms with E-state index in [4.69, 9.17) is 0 Å². The van der Waals surface area contributed by atoms with Crippen molar-refractivity contribution >= 4 is 0 Å². The summed E-state index contributed by atoms with van der Waals surface area (Å²) >= 11 is 0. The average Bonchev–Trinajstić information content (AvgIpc) is 2.08. The first-order valence-corrected chi connectivity index (χ1v) is 4.75. The van der Waals surface area contributed by atoms with Crippen LogP contribution in [0, 0.1) is 11.6 Å². The number of aliphatic hydroxyl groups excluding tert-OH is 1. The van der Waals surface area contributed by atoms with E-state index in [0.717, 1.165) is 6.42 Å². The first-order chi connectivity index (χ1) is 6.69. The maximum absolute atomic E-state index is 13.4. The van der Waals surface area contributed by atoms with E-state index in [9.17, 15) is 13.9 Å². The largest absolute Gasteiger partial charge is 0.395 e. The van der Waals surface area contributed by atoms with Crippen LogP contribution < -0.4 is 0 Å². The van der Waals surface area contributed by atoms with Crippen molar-refractivity contribution in [1.82, 2.24) is 0 Å². The third-order valence-corrected chi connectivity index (χ3v) is 3.11. The smallest absolute Gasteiger partial charge is 0.129 e. The second-order valence-electron chi connectivity index (χ2n) is 3.89. The van der Waals surface area contributed by atoms with Gasteiger partial charge in [0.2, 0.25) is 0 Å². The Balaban J connectivity index is 2.49. The summed E-state index contributed by atoms with van der Waals surface area (Å²) in [6.45, 7) is -0.176. The van der Waals surface area contributed by atoms with E-state index in [2.05, 4.69) is 0 Å². The molecule has 0 atom stereocenters. The highest BCUT2D eigenvalue weighted by atomic mass is 19.1. The summed E-state index contributed by atoms with van der Waals surface area (Å²) in [7, 11) is 0. The first kappa shape index (κ1) is 9.59. The van der Waals surface area contributed by atoms with Crippen molar-refractivity contribution in [3.8, 4) is 0 Å². The zero-order valence-corrected chi connectivity index (χ0v) is 7.76. The van der Waals surface area contributed by atoms with Crippen molar-refractivity contribution in [2.75, 3.05) is 6.61 Å². The van der Waals surface area contributed by atoms with Crippen LogP contribution in [0.5, 0.6) is 0 Å². The van der Waals surface area contributed by atoms with Crippen LogP contribution in [0.2, 0.25) is 0 Å². The predicted molar refractivity (Wildman–Crippen MR) is 49.0 cm³/mol. The van der Waals surface area contributed by atoms with Gasteiger partial charge in [-0.3, -0.25) is 0 Å². The Morgan fingerprint density at radius 3 is 2.14 bits per heavy atom. The van der Waals surface area contributed by atoms with E-state index in [1.807, 2.05) is 0 Å². The molecule has 0 unspecified atom stereocenters. The summed E-state index contributed by atoms with van der Waals surface area (Å²) in [5, 5.41) is 9.21. The van der Waals surface area contributed by atoms with Crippen LogP contribution in [-0.4, -0.2) is 11.7 Å². The summed E-state index contributed by atoms with van der Waals surface area (Å²) < 4.78 is 26.8. The minimum Gasteiger partial charge on any atom is -0.395 e. The molecule has 1 nitrogen and oxygen atoms in total. The molecule has 2 rings (SSSR count). The molecule has 1 aliphatic rings. The zero-order chi connectivity index (χ0) is 10.2. The van der Waals surface area contributed by atoms with E-state index in [-0.39, 0.29) is 12.2 Å². The van der Waals surface area contributed by atoms with Gasteiger partial charge in [-0.1, -0.05) is 12.5 Å². The minimum absolute atomic E-state index is 0.0637. The number of halogens is 2. The molecule has 0 aromatic heterocycles. The van der Waals surface area contributed by atoms with E-state index < -0.39 is 17.0 Å². The molecule has 0 radical (unpaired) electrons. The second-order valence-corrected chi connectivity index (χ2v) is 3.89. The highest BCUT2D eigenvalue weighted by Gasteiger charge is 2.41. The van der Waals surface area contributed by atoms with Crippen molar-refractivity contribution in [1.29, 1.82) is 0 Å². The lowest BCUT2D eigenvalue weighted by Crippen LogP contribution is -2.39. The monoisotopic (exact) mass is 198 g/mol. The number of rotatable bonds is 2. The predicted octanol–water partition coefficient (Wildman–Crippen LogP) is 2.38. The Morgan fingerprint density at radius 2 is 1.79 bits per heavy atom. The van der Waals surface area contributed by atoms with Crippen LogP contribution in [-0.2, 0) is 5.41 Å². The minimum atomic E-state index is -0.657. The van der Waals surface area contributed by atoms with Crippen LogP contribution in [0.4, 0.5) is 8.78 Å². The van der Waals surface area contributed by atoms with Gasteiger partial charge in [-0.2, -0.15) is 0 Å². The summed E-state index contributed by atoms with van der Waals surface area (Å²) in [5.74, 6) is -1.09. The summed E-state index contributed by atoms with van der Waals surface area (Å²) in [5.41, 5.74) is -0.594. The lowest BCUT2D eigenvalue weighted by molar-refractivity contribution is 0.112. The van der Waals surface area contributed by atoms with Gasteiger partial charge in [0.15, 0.2) is 0 Å². The molecular formula is C11H12F2O. The average molecular weight is 198 g/mol. The number of benzene rings is 1. The molecule has 1 N–H and O–H groups in total. The van der Waals surface area contributed by atoms with Crippen molar-refractivity contribution in [2.24, 2.45) is 0 Å². The van der Waals surface area contributed by atoms with Crippen LogP contribution >= 0.6 is 0 Å². The van der Waals surface area contributed by atoms with Gasteiger partial charge < -0.3 is 5.11 Å². The van der Waals surface area contributed by atoms with Crippen LogP contribution in [0.25, 0.3) is 0 Å². The topological polar surface area (TPSA) is 20.2 Å². The van der Waals surface area contributed by atoms with E-state index in [1.54, 1.807) is 0 Å².